The number of allylic oxidation sites excluding steroid dienone is 2. The second kappa shape index (κ2) is 7.98. The molecule has 3 saturated carbocycles. The van der Waals surface area contributed by atoms with Crippen molar-refractivity contribution in [2.24, 2.45) is 40.4 Å². The molecular weight excluding hydrogens is 376 g/mol. The summed E-state index contributed by atoms with van der Waals surface area (Å²) in [6, 6.07) is 0. The van der Waals surface area contributed by atoms with Crippen LogP contribution in [0.2, 0.25) is 0 Å². The van der Waals surface area contributed by atoms with Crippen molar-refractivity contribution in [1.29, 1.82) is 0 Å². The van der Waals surface area contributed by atoms with Gasteiger partial charge in [-0.15, -0.1) is 0 Å². The zero-order valence-electron chi connectivity index (χ0n) is 19.3. The Morgan fingerprint density at radius 2 is 1.97 bits per heavy atom. The lowest BCUT2D eigenvalue weighted by Gasteiger charge is -2.57. The number of hydrogen-bond acceptors (Lipinski definition) is 3. The third-order valence-corrected chi connectivity index (χ3v) is 9.88. The van der Waals surface area contributed by atoms with Crippen molar-refractivity contribution in [3.8, 4) is 0 Å². The molecule has 0 heterocycles. The molecule has 3 unspecified atom stereocenters. The quantitative estimate of drug-likeness (QED) is 0.441. The molecule has 4 nitrogen and oxygen atoms in total. The van der Waals surface area contributed by atoms with Crippen molar-refractivity contribution < 1.29 is 19.4 Å². The lowest BCUT2D eigenvalue weighted by molar-refractivity contribution is -0.151. The van der Waals surface area contributed by atoms with Gasteiger partial charge in [0.25, 0.3) is 0 Å². The van der Waals surface area contributed by atoms with Gasteiger partial charge in [-0.05, 0) is 98.2 Å². The van der Waals surface area contributed by atoms with Crippen molar-refractivity contribution in [3.05, 3.63) is 11.6 Å². The Kier molecular flexibility index (Phi) is 5.83. The summed E-state index contributed by atoms with van der Waals surface area (Å²) in [6.07, 6.45) is 13.2. The first kappa shape index (κ1) is 21.9. The zero-order chi connectivity index (χ0) is 21.7. The minimum atomic E-state index is -0.664. The van der Waals surface area contributed by atoms with E-state index >= 15 is 0 Å². The molecule has 0 bridgehead atoms. The summed E-state index contributed by atoms with van der Waals surface area (Å²) < 4.78 is 5.59. The molecule has 1 N–H and O–H groups in total. The maximum atomic E-state index is 11.4. The van der Waals surface area contributed by atoms with E-state index in [4.69, 9.17) is 9.84 Å². The van der Waals surface area contributed by atoms with Gasteiger partial charge in [-0.2, -0.15) is 0 Å². The van der Waals surface area contributed by atoms with Crippen LogP contribution in [0.3, 0.4) is 0 Å². The first-order chi connectivity index (χ1) is 14.1. The van der Waals surface area contributed by atoms with Crippen LogP contribution >= 0.6 is 0 Å². The molecule has 0 aromatic rings. The number of carbonyl (C=O) groups excluding carboxylic acids is 1. The number of aliphatic carboxylic acids is 1. The highest BCUT2D eigenvalue weighted by molar-refractivity contribution is 5.66. The number of ether oxygens (including phenoxy) is 1. The number of carbonyl (C=O) groups is 2. The van der Waals surface area contributed by atoms with E-state index in [9.17, 15) is 9.59 Å². The molecule has 0 spiro atoms. The second-order valence-corrected chi connectivity index (χ2v) is 11.4. The first-order valence-corrected chi connectivity index (χ1v) is 12.2. The molecule has 4 heteroatoms. The van der Waals surface area contributed by atoms with Crippen molar-refractivity contribution in [3.63, 3.8) is 0 Å². The molecule has 0 amide bonds. The molecule has 168 valence electrons. The minimum Gasteiger partial charge on any atom is -0.481 e. The minimum absolute atomic E-state index is 0.109. The topological polar surface area (TPSA) is 63.6 Å². The summed E-state index contributed by atoms with van der Waals surface area (Å²) in [5.74, 6) is 2.41. The predicted molar refractivity (Wildman–Crippen MR) is 117 cm³/mol. The van der Waals surface area contributed by atoms with Crippen molar-refractivity contribution in [2.45, 2.75) is 98.0 Å². The number of hydrogen-bond donors (Lipinski definition) is 1. The van der Waals surface area contributed by atoms with Crippen LogP contribution in [0.5, 0.6) is 0 Å². The Hall–Kier alpha value is -1.32. The maximum Gasteiger partial charge on any atom is 0.303 e. The van der Waals surface area contributed by atoms with E-state index < -0.39 is 5.97 Å². The van der Waals surface area contributed by atoms with Gasteiger partial charge in [-0.3, -0.25) is 9.59 Å². The number of rotatable bonds is 5. The van der Waals surface area contributed by atoms with Gasteiger partial charge in [0.1, 0.15) is 6.10 Å². The third-order valence-electron chi connectivity index (χ3n) is 9.88. The van der Waals surface area contributed by atoms with E-state index in [-0.39, 0.29) is 17.5 Å². The van der Waals surface area contributed by atoms with E-state index in [1.807, 2.05) is 0 Å². The van der Waals surface area contributed by atoms with Crippen LogP contribution in [0.15, 0.2) is 11.6 Å². The number of carboxylic acid groups (broad SMARTS) is 1. The van der Waals surface area contributed by atoms with E-state index in [1.54, 1.807) is 5.57 Å². The summed E-state index contributed by atoms with van der Waals surface area (Å²) in [7, 11) is 0. The molecule has 0 aromatic heterocycles. The van der Waals surface area contributed by atoms with Gasteiger partial charge in [0.05, 0.1) is 0 Å². The van der Waals surface area contributed by atoms with Gasteiger partial charge in [0.2, 0.25) is 0 Å². The second-order valence-electron chi connectivity index (χ2n) is 11.4. The van der Waals surface area contributed by atoms with E-state index in [2.05, 4.69) is 26.8 Å². The van der Waals surface area contributed by atoms with Gasteiger partial charge in [-0.1, -0.05) is 32.4 Å². The summed E-state index contributed by atoms with van der Waals surface area (Å²) in [5, 5.41) is 9.12. The molecule has 4 aliphatic rings. The molecule has 4 aliphatic carbocycles. The molecule has 3 fully saturated rings. The van der Waals surface area contributed by atoms with Gasteiger partial charge in [0, 0.05) is 13.3 Å². The van der Waals surface area contributed by atoms with Crippen LogP contribution in [0, 0.1) is 40.4 Å². The molecule has 0 saturated heterocycles. The number of carboxylic acids is 1. The van der Waals surface area contributed by atoms with E-state index in [0.717, 1.165) is 38.0 Å². The highest BCUT2D eigenvalue weighted by atomic mass is 16.5. The molecular formula is C26H40O4. The summed E-state index contributed by atoms with van der Waals surface area (Å²) in [5.41, 5.74) is 2.32. The fourth-order valence-corrected chi connectivity index (χ4v) is 8.35. The van der Waals surface area contributed by atoms with Crippen molar-refractivity contribution in [1.82, 2.24) is 0 Å². The molecule has 4 rings (SSSR count). The summed E-state index contributed by atoms with van der Waals surface area (Å²) >= 11 is 0. The maximum absolute atomic E-state index is 11.4. The van der Waals surface area contributed by atoms with Crippen LogP contribution in [0.1, 0.15) is 91.9 Å². The Labute approximate surface area is 181 Å². The van der Waals surface area contributed by atoms with E-state index in [1.165, 1.54) is 32.6 Å². The largest absolute Gasteiger partial charge is 0.481 e. The Morgan fingerprint density at radius 3 is 2.67 bits per heavy atom. The molecule has 8 atom stereocenters. The third kappa shape index (κ3) is 3.62. The standard InChI is InChI=1S/C26H40O4/c1-16(5-10-24(28)29)21-8-9-22-20-7-6-18-15-19(30-17(2)27)11-13-25(18,3)23(20)12-14-26(21,22)4/h12,16,18-22H,5-11,13-15H2,1-4H3,(H,28,29)/t16-,18+,19-,20?,21?,22?,25+,26-/m1/s1. The van der Waals surface area contributed by atoms with Crippen LogP contribution in [-0.4, -0.2) is 23.1 Å². The highest BCUT2D eigenvalue weighted by Crippen LogP contribution is 2.66. The Bertz CT molecular complexity index is 727. The van der Waals surface area contributed by atoms with Crippen molar-refractivity contribution >= 4 is 11.9 Å². The zero-order valence-corrected chi connectivity index (χ0v) is 19.3. The van der Waals surface area contributed by atoms with E-state index in [0.29, 0.717) is 35.5 Å². The normalized spacial score (nSPS) is 43.6. The fourth-order valence-electron chi connectivity index (χ4n) is 8.35. The average Bonchev–Trinajstić information content (AvgIpc) is 3.03. The van der Waals surface area contributed by atoms with Crippen molar-refractivity contribution in [2.75, 3.05) is 0 Å². The number of fused-ring (bicyclic) bond motifs is 5. The molecule has 30 heavy (non-hydrogen) atoms. The SMILES string of the molecule is CC(=O)O[C@@H]1CC[C@]2(C)C3=CC[C@@]4(C)C(CCC4[C@H](C)CCC(=O)O)C3CC[C@H]2C1. The van der Waals surface area contributed by atoms with Crippen LogP contribution < -0.4 is 0 Å². The lowest BCUT2D eigenvalue weighted by atomic mass is 9.48. The number of esters is 1. The van der Waals surface area contributed by atoms with Gasteiger partial charge in [-0.25, -0.2) is 0 Å². The summed E-state index contributed by atoms with van der Waals surface area (Å²) in [4.78, 5) is 22.5. The lowest BCUT2D eigenvalue weighted by Crippen LogP contribution is -2.49. The highest BCUT2D eigenvalue weighted by Gasteiger charge is 2.57. The summed E-state index contributed by atoms with van der Waals surface area (Å²) in [6.45, 7) is 8.81. The van der Waals surface area contributed by atoms with Gasteiger partial charge >= 0.3 is 11.9 Å². The predicted octanol–water partition coefficient (Wildman–Crippen LogP) is 6.00. The molecule has 0 radical (unpaired) electrons. The molecule has 0 aliphatic heterocycles. The van der Waals surface area contributed by atoms with Gasteiger partial charge in [0.15, 0.2) is 0 Å². The fraction of sp³-hybridized carbons (Fsp3) is 0.846. The monoisotopic (exact) mass is 416 g/mol. The van der Waals surface area contributed by atoms with Crippen LogP contribution in [0.25, 0.3) is 0 Å². The Balaban J connectivity index is 1.52. The molecule has 0 aromatic carbocycles. The van der Waals surface area contributed by atoms with Crippen LogP contribution in [-0.2, 0) is 14.3 Å². The average molecular weight is 417 g/mol. The Morgan fingerprint density at radius 1 is 1.20 bits per heavy atom. The van der Waals surface area contributed by atoms with Gasteiger partial charge < -0.3 is 9.84 Å². The first-order valence-electron chi connectivity index (χ1n) is 12.2. The van der Waals surface area contributed by atoms with Crippen LogP contribution in [0.4, 0.5) is 0 Å². The smallest absolute Gasteiger partial charge is 0.303 e.